The number of carbonyl (C=O) groups excluding carboxylic acids is 2. The Morgan fingerprint density at radius 2 is 2.12 bits per heavy atom. The fraction of sp³-hybridized carbons (Fsp3) is 0.818. The molecular weight excluding hydrogens is 206 g/mol. The molecule has 1 saturated heterocycles. The van der Waals surface area contributed by atoms with Gasteiger partial charge in [0.15, 0.2) is 0 Å². The maximum Gasteiger partial charge on any atom is 0.237 e. The van der Waals surface area contributed by atoms with Gasteiger partial charge in [-0.05, 0) is 25.8 Å². The van der Waals surface area contributed by atoms with E-state index in [4.69, 9.17) is 5.73 Å². The average Bonchev–Trinajstić information content (AvgIpc) is 2.52. The van der Waals surface area contributed by atoms with Gasteiger partial charge >= 0.3 is 0 Å². The maximum absolute atomic E-state index is 11.7. The lowest BCUT2D eigenvalue weighted by Gasteiger charge is -2.15. The molecule has 92 valence electrons. The van der Waals surface area contributed by atoms with Gasteiger partial charge in [-0.3, -0.25) is 9.59 Å². The van der Waals surface area contributed by atoms with Crippen LogP contribution in [0.15, 0.2) is 0 Å². The van der Waals surface area contributed by atoms with Crippen LogP contribution in [0.25, 0.3) is 0 Å². The predicted molar refractivity (Wildman–Crippen MR) is 61.7 cm³/mol. The lowest BCUT2D eigenvalue weighted by molar-refractivity contribution is -0.123. The molecule has 0 aromatic rings. The van der Waals surface area contributed by atoms with Crippen molar-refractivity contribution < 1.29 is 9.59 Å². The molecule has 1 atom stereocenters. The fourth-order valence-corrected chi connectivity index (χ4v) is 1.85. The fourth-order valence-electron chi connectivity index (χ4n) is 1.85. The summed E-state index contributed by atoms with van der Waals surface area (Å²) in [7, 11) is 0. The Bertz CT molecular complexity index is 235. The SMILES string of the molecule is NC(=O)CCCNC(=O)C1CCCCCN1. The van der Waals surface area contributed by atoms with E-state index in [1.807, 2.05) is 0 Å². The van der Waals surface area contributed by atoms with Gasteiger partial charge in [0.05, 0.1) is 6.04 Å². The van der Waals surface area contributed by atoms with Crippen LogP contribution < -0.4 is 16.4 Å². The first-order valence-electron chi connectivity index (χ1n) is 5.99. The molecule has 0 aromatic carbocycles. The van der Waals surface area contributed by atoms with E-state index < -0.39 is 0 Å². The minimum atomic E-state index is -0.318. The Hall–Kier alpha value is -1.10. The summed E-state index contributed by atoms with van der Waals surface area (Å²) < 4.78 is 0. The molecule has 0 radical (unpaired) electrons. The van der Waals surface area contributed by atoms with E-state index in [0.717, 1.165) is 25.8 Å². The smallest absolute Gasteiger partial charge is 0.237 e. The molecule has 0 aromatic heterocycles. The predicted octanol–water partition coefficient (Wildman–Crippen LogP) is -0.0997. The van der Waals surface area contributed by atoms with Gasteiger partial charge in [0.2, 0.25) is 11.8 Å². The Kier molecular flexibility index (Phi) is 5.85. The Balaban J connectivity index is 2.15. The van der Waals surface area contributed by atoms with Crippen molar-refractivity contribution in [1.29, 1.82) is 0 Å². The number of nitrogens with one attached hydrogen (secondary N) is 2. The van der Waals surface area contributed by atoms with Crippen LogP contribution in [0.2, 0.25) is 0 Å². The monoisotopic (exact) mass is 227 g/mol. The first-order valence-corrected chi connectivity index (χ1v) is 5.99. The van der Waals surface area contributed by atoms with Gasteiger partial charge < -0.3 is 16.4 Å². The van der Waals surface area contributed by atoms with E-state index in [9.17, 15) is 9.59 Å². The first-order chi connectivity index (χ1) is 7.70. The van der Waals surface area contributed by atoms with Crippen LogP contribution in [-0.4, -0.2) is 30.9 Å². The quantitative estimate of drug-likeness (QED) is 0.573. The molecule has 2 amide bonds. The third-order valence-electron chi connectivity index (χ3n) is 2.78. The van der Waals surface area contributed by atoms with Gasteiger partial charge in [-0.15, -0.1) is 0 Å². The summed E-state index contributed by atoms with van der Waals surface area (Å²) in [6, 6.07) is -0.0592. The molecule has 4 N–H and O–H groups in total. The van der Waals surface area contributed by atoms with E-state index in [2.05, 4.69) is 10.6 Å². The van der Waals surface area contributed by atoms with Crippen LogP contribution in [0.4, 0.5) is 0 Å². The van der Waals surface area contributed by atoms with E-state index in [1.54, 1.807) is 0 Å². The van der Waals surface area contributed by atoms with Crippen LogP contribution >= 0.6 is 0 Å². The molecule has 0 spiro atoms. The van der Waals surface area contributed by atoms with Gasteiger partial charge in [0, 0.05) is 13.0 Å². The Morgan fingerprint density at radius 1 is 1.31 bits per heavy atom. The standard InChI is InChI=1S/C11H21N3O2/c12-10(15)6-4-8-14-11(16)9-5-2-1-3-7-13-9/h9,13H,1-8H2,(H2,12,15)(H,14,16). The molecule has 5 nitrogen and oxygen atoms in total. The molecular formula is C11H21N3O2. The molecule has 1 aliphatic heterocycles. The molecule has 0 aliphatic carbocycles. The summed E-state index contributed by atoms with van der Waals surface area (Å²) in [5.41, 5.74) is 5.01. The minimum Gasteiger partial charge on any atom is -0.370 e. The maximum atomic E-state index is 11.7. The zero-order valence-corrected chi connectivity index (χ0v) is 9.63. The Labute approximate surface area is 96.1 Å². The second-order valence-corrected chi connectivity index (χ2v) is 4.22. The van der Waals surface area contributed by atoms with Gasteiger partial charge in [-0.1, -0.05) is 12.8 Å². The molecule has 0 saturated carbocycles. The van der Waals surface area contributed by atoms with Crippen molar-refractivity contribution in [3.05, 3.63) is 0 Å². The van der Waals surface area contributed by atoms with E-state index >= 15 is 0 Å². The summed E-state index contributed by atoms with van der Waals surface area (Å²) in [5, 5.41) is 6.05. The van der Waals surface area contributed by atoms with Gasteiger partial charge in [0.25, 0.3) is 0 Å². The zero-order valence-electron chi connectivity index (χ0n) is 9.63. The lowest BCUT2D eigenvalue weighted by Crippen LogP contribution is -2.44. The number of nitrogens with two attached hydrogens (primary N) is 1. The molecule has 1 rings (SSSR count). The number of hydrogen-bond donors (Lipinski definition) is 3. The van der Waals surface area contributed by atoms with Crippen LogP contribution in [0.5, 0.6) is 0 Å². The number of primary amides is 1. The van der Waals surface area contributed by atoms with Crippen molar-refractivity contribution in [2.75, 3.05) is 13.1 Å². The highest BCUT2D eigenvalue weighted by Gasteiger charge is 2.18. The molecule has 1 aliphatic rings. The van der Waals surface area contributed by atoms with Crippen LogP contribution in [-0.2, 0) is 9.59 Å². The van der Waals surface area contributed by atoms with Crippen LogP contribution in [0.3, 0.4) is 0 Å². The van der Waals surface area contributed by atoms with Crippen molar-refractivity contribution in [3.63, 3.8) is 0 Å². The van der Waals surface area contributed by atoms with Gasteiger partial charge in [0.1, 0.15) is 0 Å². The average molecular weight is 227 g/mol. The lowest BCUT2D eigenvalue weighted by atomic mass is 10.1. The van der Waals surface area contributed by atoms with Gasteiger partial charge in [-0.25, -0.2) is 0 Å². The highest BCUT2D eigenvalue weighted by Crippen LogP contribution is 2.08. The van der Waals surface area contributed by atoms with E-state index in [-0.39, 0.29) is 17.9 Å². The molecule has 1 heterocycles. The second-order valence-electron chi connectivity index (χ2n) is 4.22. The third kappa shape index (κ3) is 5.11. The number of rotatable bonds is 5. The normalized spacial score (nSPS) is 21.1. The molecule has 5 heteroatoms. The summed E-state index contributed by atoms with van der Waals surface area (Å²) in [6.45, 7) is 1.44. The van der Waals surface area contributed by atoms with Crippen LogP contribution in [0.1, 0.15) is 38.5 Å². The zero-order chi connectivity index (χ0) is 11.8. The molecule has 16 heavy (non-hydrogen) atoms. The molecule has 0 bridgehead atoms. The molecule has 1 fully saturated rings. The van der Waals surface area contributed by atoms with Crippen molar-refractivity contribution >= 4 is 11.8 Å². The summed E-state index contributed by atoms with van der Waals surface area (Å²) in [6.07, 6.45) is 5.30. The topological polar surface area (TPSA) is 84.2 Å². The highest BCUT2D eigenvalue weighted by molar-refractivity contribution is 5.81. The third-order valence-corrected chi connectivity index (χ3v) is 2.78. The Morgan fingerprint density at radius 3 is 2.88 bits per heavy atom. The first kappa shape index (κ1) is 13.0. The van der Waals surface area contributed by atoms with E-state index in [1.165, 1.54) is 6.42 Å². The van der Waals surface area contributed by atoms with Crippen molar-refractivity contribution in [2.24, 2.45) is 5.73 Å². The second kappa shape index (κ2) is 7.22. The van der Waals surface area contributed by atoms with Crippen LogP contribution in [0, 0.1) is 0 Å². The highest BCUT2D eigenvalue weighted by atomic mass is 16.2. The number of carbonyl (C=O) groups is 2. The van der Waals surface area contributed by atoms with Crippen molar-refractivity contribution in [2.45, 2.75) is 44.6 Å². The minimum absolute atomic E-state index is 0.0476. The summed E-state index contributed by atoms with van der Waals surface area (Å²) >= 11 is 0. The number of amides is 2. The van der Waals surface area contributed by atoms with Crippen molar-refractivity contribution in [3.8, 4) is 0 Å². The van der Waals surface area contributed by atoms with E-state index in [0.29, 0.717) is 19.4 Å². The summed E-state index contributed by atoms with van der Waals surface area (Å²) in [5.74, 6) is -0.270. The number of hydrogen-bond acceptors (Lipinski definition) is 3. The largest absolute Gasteiger partial charge is 0.370 e. The molecule has 1 unspecified atom stereocenters. The summed E-state index contributed by atoms with van der Waals surface area (Å²) in [4.78, 5) is 22.2. The van der Waals surface area contributed by atoms with Crippen molar-refractivity contribution in [1.82, 2.24) is 10.6 Å². The van der Waals surface area contributed by atoms with Gasteiger partial charge in [-0.2, -0.15) is 0 Å².